The molecule has 3 heteroatoms. The fourth-order valence-electron chi connectivity index (χ4n) is 1.83. The molecule has 1 N–H and O–H groups in total. The van der Waals surface area contributed by atoms with Gasteiger partial charge in [0.2, 0.25) is 0 Å². The van der Waals surface area contributed by atoms with Gasteiger partial charge in [0.25, 0.3) is 0 Å². The van der Waals surface area contributed by atoms with Gasteiger partial charge in [-0.3, -0.25) is 4.98 Å². The van der Waals surface area contributed by atoms with Crippen LogP contribution in [0.2, 0.25) is 0 Å². The second-order valence-corrected chi connectivity index (χ2v) is 4.09. The minimum atomic E-state index is 0.281. The van der Waals surface area contributed by atoms with E-state index in [2.05, 4.69) is 23.3 Å². The van der Waals surface area contributed by atoms with Crippen LogP contribution in [0.25, 0.3) is 0 Å². The zero-order valence-electron chi connectivity index (χ0n) is 10.1. The molecule has 1 atom stereocenters. The Labute approximate surface area is 102 Å². The average Bonchev–Trinajstić information content (AvgIpc) is 2.89. The van der Waals surface area contributed by atoms with Crippen molar-refractivity contribution in [2.24, 2.45) is 0 Å². The van der Waals surface area contributed by atoms with E-state index in [0.29, 0.717) is 0 Å². The molecule has 0 aliphatic rings. The van der Waals surface area contributed by atoms with Gasteiger partial charge in [0.05, 0.1) is 12.5 Å². The molecular weight excluding hydrogens is 212 g/mol. The summed E-state index contributed by atoms with van der Waals surface area (Å²) in [5.74, 6) is 0. The minimum Gasteiger partial charge on any atom is -0.472 e. The topological polar surface area (TPSA) is 38.1 Å². The molecule has 0 saturated heterocycles. The molecule has 2 heterocycles. The predicted octanol–water partition coefficient (Wildman–Crippen LogP) is 2.96. The predicted molar refractivity (Wildman–Crippen MR) is 67.7 cm³/mol. The first kappa shape index (κ1) is 11.9. The molecule has 1 unspecified atom stereocenters. The molecule has 0 aliphatic carbocycles. The summed E-state index contributed by atoms with van der Waals surface area (Å²) in [6, 6.07) is 8.31. The fourth-order valence-corrected chi connectivity index (χ4v) is 1.83. The molecule has 2 rings (SSSR count). The van der Waals surface area contributed by atoms with Crippen LogP contribution in [0.4, 0.5) is 0 Å². The lowest BCUT2D eigenvalue weighted by atomic mass is 10.0. The number of rotatable bonds is 6. The average molecular weight is 230 g/mol. The highest BCUT2D eigenvalue weighted by atomic mass is 16.3. The van der Waals surface area contributed by atoms with Crippen LogP contribution in [0.15, 0.2) is 47.4 Å². The van der Waals surface area contributed by atoms with Crippen LogP contribution >= 0.6 is 0 Å². The normalized spacial score (nSPS) is 12.5. The summed E-state index contributed by atoms with van der Waals surface area (Å²) in [7, 11) is 0. The molecule has 2 aromatic rings. The maximum atomic E-state index is 5.15. The molecule has 0 aromatic carbocycles. The molecule has 0 saturated carbocycles. The number of aromatic nitrogens is 1. The quantitative estimate of drug-likeness (QED) is 0.829. The Kier molecular flexibility index (Phi) is 4.33. The van der Waals surface area contributed by atoms with E-state index in [0.717, 1.165) is 25.1 Å². The molecule has 0 amide bonds. The van der Waals surface area contributed by atoms with Gasteiger partial charge >= 0.3 is 0 Å². The summed E-state index contributed by atoms with van der Waals surface area (Å²) in [5, 5.41) is 3.52. The molecule has 17 heavy (non-hydrogen) atoms. The zero-order chi connectivity index (χ0) is 11.9. The van der Waals surface area contributed by atoms with Gasteiger partial charge in [-0.1, -0.05) is 13.0 Å². The van der Waals surface area contributed by atoms with Crippen LogP contribution in [0.1, 0.15) is 30.6 Å². The first-order valence-electron chi connectivity index (χ1n) is 6.05. The molecule has 0 fully saturated rings. The standard InChI is InChI=1S/C14H18N2O/c1-2-7-16-14(12-6-9-17-11-12)10-13-5-3-4-8-15-13/h3-6,8-9,11,14,16H,2,7,10H2,1H3. The van der Waals surface area contributed by atoms with Gasteiger partial charge in [-0.2, -0.15) is 0 Å². The first-order chi connectivity index (χ1) is 8.40. The number of furan rings is 1. The van der Waals surface area contributed by atoms with Crippen molar-refractivity contribution in [2.75, 3.05) is 6.54 Å². The molecule has 3 nitrogen and oxygen atoms in total. The first-order valence-corrected chi connectivity index (χ1v) is 6.05. The molecule has 0 bridgehead atoms. The molecule has 2 aromatic heterocycles. The van der Waals surface area contributed by atoms with Crippen LogP contribution in [0.3, 0.4) is 0 Å². The van der Waals surface area contributed by atoms with Gasteiger partial charge in [-0.15, -0.1) is 0 Å². The lowest BCUT2D eigenvalue weighted by Crippen LogP contribution is -2.24. The van der Waals surface area contributed by atoms with Gasteiger partial charge in [0.1, 0.15) is 0 Å². The van der Waals surface area contributed by atoms with Gasteiger partial charge in [0.15, 0.2) is 0 Å². The van der Waals surface area contributed by atoms with Gasteiger partial charge in [-0.05, 0) is 31.2 Å². The third kappa shape index (κ3) is 3.43. The minimum absolute atomic E-state index is 0.281. The van der Waals surface area contributed by atoms with E-state index >= 15 is 0 Å². The number of nitrogens with zero attached hydrogens (tertiary/aromatic N) is 1. The molecule has 90 valence electrons. The third-order valence-electron chi connectivity index (χ3n) is 2.73. The molecule has 0 radical (unpaired) electrons. The molecule has 0 spiro atoms. The Balaban J connectivity index is 2.06. The highest BCUT2D eigenvalue weighted by Crippen LogP contribution is 2.17. The van der Waals surface area contributed by atoms with Gasteiger partial charge in [-0.25, -0.2) is 0 Å². The van der Waals surface area contributed by atoms with Crippen LogP contribution < -0.4 is 5.32 Å². The Morgan fingerprint density at radius 3 is 2.94 bits per heavy atom. The van der Waals surface area contributed by atoms with Crippen molar-refractivity contribution in [3.05, 3.63) is 54.2 Å². The van der Waals surface area contributed by atoms with Crippen LogP contribution in [-0.4, -0.2) is 11.5 Å². The van der Waals surface area contributed by atoms with Gasteiger partial charge in [0, 0.05) is 29.9 Å². The summed E-state index contributed by atoms with van der Waals surface area (Å²) < 4.78 is 5.15. The smallest absolute Gasteiger partial charge is 0.0950 e. The zero-order valence-corrected chi connectivity index (χ0v) is 10.1. The summed E-state index contributed by atoms with van der Waals surface area (Å²) in [6.07, 6.45) is 7.36. The van der Waals surface area contributed by atoms with Gasteiger partial charge < -0.3 is 9.73 Å². The largest absolute Gasteiger partial charge is 0.472 e. The van der Waals surface area contributed by atoms with Crippen molar-refractivity contribution in [1.82, 2.24) is 10.3 Å². The number of pyridine rings is 1. The van der Waals surface area contributed by atoms with E-state index in [9.17, 15) is 0 Å². The maximum Gasteiger partial charge on any atom is 0.0950 e. The van der Waals surface area contributed by atoms with Crippen LogP contribution in [0.5, 0.6) is 0 Å². The monoisotopic (exact) mass is 230 g/mol. The third-order valence-corrected chi connectivity index (χ3v) is 2.73. The van der Waals surface area contributed by atoms with E-state index in [-0.39, 0.29) is 6.04 Å². The van der Waals surface area contributed by atoms with E-state index in [1.54, 1.807) is 12.5 Å². The van der Waals surface area contributed by atoms with Crippen molar-refractivity contribution in [2.45, 2.75) is 25.8 Å². The SMILES string of the molecule is CCCNC(Cc1ccccn1)c1ccoc1. The maximum absolute atomic E-state index is 5.15. The summed E-state index contributed by atoms with van der Waals surface area (Å²) in [5.41, 5.74) is 2.28. The Morgan fingerprint density at radius 2 is 2.29 bits per heavy atom. The Hall–Kier alpha value is -1.61. The van der Waals surface area contributed by atoms with Crippen LogP contribution in [0, 0.1) is 0 Å². The van der Waals surface area contributed by atoms with Crippen molar-refractivity contribution >= 4 is 0 Å². The van der Waals surface area contributed by atoms with E-state index in [1.807, 2.05) is 24.4 Å². The second-order valence-electron chi connectivity index (χ2n) is 4.09. The number of hydrogen-bond donors (Lipinski definition) is 1. The number of hydrogen-bond acceptors (Lipinski definition) is 3. The second kappa shape index (κ2) is 6.21. The van der Waals surface area contributed by atoms with Crippen LogP contribution in [-0.2, 0) is 6.42 Å². The number of nitrogens with one attached hydrogen (secondary N) is 1. The Bertz CT molecular complexity index is 411. The van der Waals surface area contributed by atoms with Crippen molar-refractivity contribution in [3.63, 3.8) is 0 Å². The molecule has 0 aliphatic heterocycles. The summed E-state index contributed by atoms with van der Waals surface area (Å²) >= 11 is 0. The van der Waals surface area contributed by atoms with Crippen molar-refractivity contribution in [1.29, 1.82) is 0 Å². The fraction of sp³-hybridized carbons (Fsp3) is 0.357. The highest BCUT2D eigenvalue weighted by molar-refractivity contribution is 5.16. The summed E-state index contributed by atoms with van der Waals surface area (Å²) in [6.45, 7) is 3.17. The van der Waals surface area contributed by atoms with Crippen molar-refractivity contribution in [3.8, 4) is 0 Å². The van der Waals surface area contributed by atoms with E-state index in [4.69, 9.17) is 4.42 Å². The van der Waals surface area contributed by atoms with E-state index < -0.39 is 0 Å². The lowest BCUT2D eigenvalue weighted by molar-refractivity contribution is 0.509. The van der Waals surface area contributed by atoms with Crippen molar-refractivity contribution < 1.29 is 4.42 Å². The highest BCUT2D eigenvalue weighted by Gasteiger charge is 2.12. The van der Waals surface area contributed by atoms with E-state index in [1.165, 1.54) is 5.56 Å². The lowest BCUT2D eigenvalue weighted by Gasteiger charge is -2.16. The summed E-state index contributed by atoms with van der Waals surface area (Å²) in [4.78, 5) is 4.37. The Morgan fingerprint density at radius 1 is 1.35 bits per heavy atom. The molecular formula is C14H18N2O.